The fourth-order valence-electron chi connectivity index (χ4n) is 2.70. The van der Waals surface area contributed by atoms with Gasteiger partial charge in [0.05, 0.1) is 26.4 Å². The SMILES string of the molecule is CCNC(=NCc1ccc(C)s1)N1CCC(COCCOC)C1.I. The second kappa shape index (κ2) is 12.1. The number of aryl methyl sites for hydroxylation is 1. The molecule has 0 aromatic carbocycles. The number of likely N-dealkylation sites (tertiary alicyclic amines) is 1. The average Bonchev–Trinajstić information content (AvgIpc) is 3.17. The molecule has 2 heterocycles. The summed E-state index contributed by atoms with van der Waals surface area (Å²) in [7, 11) is 1.70. The summed E-state index contributed by atoms with van der Waals surface area (Å²) < 4.78 is 10.7. The van der Waals surface area contributed by atoms with E-state index < -0.39 is 0 Å². The Morgan fingerprint density at radius 3 is 2.92 bits per heavy atom. The molecule has 1 atom stereocenters. The number of halogens is 1. The van der Waals surface area contributed by atoms with Gasteiger partial charge in [-0.05, 0) is 32.4 Å². The van der Waals surface area contributed by atoms with Gasteiger partial charge in [0, 0.05) is 42.4 Å². The van der Waals surface area contributed by atoms with Gasteiger partial charge >= 0.3 is 0 Å². The first-order chi connectivity index (χ1) is 11.2. The quantitative estimate of drug-likeness (QED) is 0.276. The number of hydrogen-bond acceptors (Lipinski definition) is 4. The molecule has 24 heavy (non-hydrogen) atoms. The zero-order valence-electron chi connectivity index (χ0n) is 14.9. The third kappa shape index (κ3) is 7.25. The van der Waals surface area contributed by atoms with Crippen LogP contribution >= 0.6 is 35.3 Å². The summed E-state index contributed by atoms with van der Waals surface area (Å²) in [6.07, 6.45) is 1.16. The number of guanidine groups is 1. The van der Waals surface area contributed by atoms with Crippen molar-refractivity contribution in [2.75, 3.05) is 46.6 Å². The summed E-state index contributed by atoms with van der Waals surface area (Å²) in [6.45, 7) is 10.1. The molecule has 0 aliphatic carbocycles. The van der Waals surface area contributed by atoms with E-state index in [0.29, 0.717) is 19.1 Å². The second-order valence-corrected chi connectivity index (χ2v) is 7.22. The smallest absolute Gasteiger partial charge is 0.194 e. The molecule has 138 valence electrons. The summed E-state index contributed by atoms with van der Waals surface area (Å²) in [6, 6.07) is 4.33. The highest BCUT2D eigenvalue weighted by atomic mass is 127. The zero-order chi connectivity index (χ0) is 16.5. The van der Waals surface area contributed by atoms with Crippen LogP contribution in [0.5, 0.6) is 0 Å². The van der Waals surface area contributed by atoms with E-state index in [0.717, 1.165) is 45.2 Å². The maximum Gasteiger partial charge on any atom is 0.194 e. The number of rotatable bonds is 8. The van der Waals surface area contributed by atoms with Crippen molar-refractivity contribution in [3.8, 4) is 0 Å². The number of thiophene rings is 1. The molecule has 5 nitrogen and oxygen atoms in total. The molecule has 1 N–H and O–H groups in total. The maximum atomic E-state index is 5.67. The van der Waals surface area contributed by atoms with Crippen LogP contribution in [-0.2, 0) is 16.0 Å². The number of nitrogens with zero attached hydrogens (tertiary/aromatic N) is 2. The van der Waals surface area contributed by atoms with E-state index in [1.807, 2.05) is 11.3 Å². The van der Waals surface area contributed by atoms with Crippen LogP contribution < -0.4 is 5.32 Å². The Hall–Kier alpha value is -0.380. The standard InChI is InChI=1S/C17H29N3O2S.HI/c1-4-18-17(19-11-16-6-5-14(2)23-16)20-8-7-15(12-20)13-22-10-9-21-3;/h5-6,15H,4,7-13H2,1-3H3,(H,18,19);1H. The molecule has 1 aromatic heterocycles. The first-order valence-corrected chi connectivity index (χ1v) is 9.19. The second-order valence-electron chi connectivity index (χ2n) is 5.85. The van der Waals surface area contributed by atoms with Crippen molar-refractivity contribution in [3.63, 3.8) is 0 Å². The normalized spacial score (nSPS) is 17.9. The minimum absolute atomic E-state index is 0. The summed E-state index contributed by atoms with van der Waals surface area (Å²) in [5.74, 6) is 1.61. The van der Waals surface area contributed by atoms with Crippen LogP contribution in [0.2, 0.25) is 0 Å². The van der Waals surface area contributed by atoms with Gasteiger partial charge in [-0.1, -0.05) is 0 Å². The predicted octanol–water partition coefficient (Wildman–Crippen LogP) is 3.12. The Morgan fingerprint density at radius 1 is 1.42 bits per heavy atom. The molecular formula is C17H30IN3O2S. The lowest BCUT2D eigenvalue weighted by Gasteiger charge is -2.21. The Labute approximate surface area is 166 Å². The number of aliphatic imine (C=N–C) groups is 1. The molecule has 0 amide bonds. The summed E-state index contributed by atoms with van der Waals surface area (Å²) in [4.78, 5) is 9.82. The molecular weight excluding hydrogens is 437 g/mol. The molecule has 0 spiro atoms. The van der Waals surface area contributed by atoms with Crippen molar-refractivity contribution >= 4 is 41.3 Å². The van der Waals surface area contributed by atoms with Crippen LogP contribution in [0, 0.1) is 12.8 Å². The van der Waals surface area contributed by atoms with Crippen LogP contribution in [0.3, 0.4) is 0 Å². The lowest BCUT2D eigenvalue weighted by molar-refractivity contribution is 0.0536. The van der Waals surface area contributed by atoms with Crippen molar-refractivity contribution in [1.29, 1.82) is 0 Å². The summed E-state index contributed by atoms with van der Waals surface area (Å²) in [5.41, 5.74) is 0. The van der Waals surface area contributed by atoms with Crippen molar-refractivity contribution in [2.24, 2.45) is 10.9 Å². The minimum atomic E-state index is 0. The van der Waals surface area contributed by atoms with Gasteiger partial charge in [0.1, 0.15) is 0 Å². The maximum absolute atomic E-state index is 5.67. The molecule has 0 radical (unpaired) electrons. The molecule has 1 unspecified atom stereocenters. The van der Waals surface area contributed by atoms with E-state index in [2.05, 4.69) is 36.2 Å². The topological polar surface area (TPSA) is 46.1 Å². The van der Waals surface area contributed by atoms with Crippen molar-refractivity contribution < 1.29 is 9.47 Å². The fraction of sp³-hybridized carbons (Fsp3) is 0.706. The highest BCUT2D eigenvalue weighted by molar-refractivity contribution is 14.0. The highest BCUT2D eigenvalue weighted by Gasteiger charge is 2.24. The van der Waals surface area contributed by atoms with Crippen molar-refractivity contribution in [2.45, 2.75) is 26.8 Å². The number of nitrogens with one attached hydrogen (secondary N) is 1. The third-order valence-corrected chi connectivity index (χ3v) is 4.87. The first-order valence-electron chi connectivity index (χ1n) is 8.38. The minimum Gasteiger partial charge on any atom is -0.382 e. The molecule has 0 bridgehead atoms. The lowest BCUT2D eigenvalue weighted by atomic mass is 10.1. The zero-order valence-corrected chi connectivity index (χ0v) is 18.1. The number of ether oxygens (including phenoxy) is 2. The Morgan fingerprint density at radius 2 is 2.25 bits per heavy atom. The number of methoxy groups -OCH3 is 1. The Balaban J connectivity index is 0.00000288. The van der Waals surface area contributed by atoms with Crippen LogP contribution in [0.15, 0.2) is 17.1 Å². The Bertz CT molecular complexity index is 496. The fourth-order valence-corrected chi connectivity index (χ4v) is 3.52. The van der Waals surface area contributed by atoms with Crippen LogP contribution in [0.25, 0.3) is 0 Å². The predicted molar refractivity (Wildman–Crippen MR) is 112 cm³/mol. The van der Waals surface area contributed by atoms with Crippen LogP contribution in [0.4, 0.5) is 0 Å². The molecule has 1 aliphatic heterocycles. The summed E-state index contributed by atoms with van der Waals surface area (Å²) >= 11 is 1.82. The van der Waals surface area contributed by atoms with E-state index in [4.69, 9.17) is 14.5 Å². The molecule has 1 saturated heterocycles. The molecule has 2 rings (SSSR count). The van der Waals surface area contributed by atoms with Gasteiger partial charge in [0.2, 0.25) is 0 Å². The van der Waals surface area contributed by atoms with Gasteiger partial charge in [-0.15, -0.1) is 35.3 Å². The molecule has 0 saturated carbocycles. The monoisotopic (exact) mass is 467 g/mol. The van der Waals surface area contributed by atoms with Gasteiger partial charge in [0.25, 0.3) is 0 Å². The third-order valence-electron chi connectivity index (χ3n) is 3.89. The van der Waals surface area contributed by atoms with Crippen LogP contribution in [0.1, 0.15) is 23.1 Å². The van der Waals surface area contributed by atoms with Crippen LogP contribution in [-0.4, -0.2) is 57.4 Å². The van der Waals surface area contributed by atoms with Gasteiger partial charge in [0.15, 0.2) is 5.96 Å². The van der Waals surface area contributed by atoms with E-state index in [1.165, 1.54) is 9.75 Å². The van der Waals surface area contributed by atoms with E-state index in [-0.39, 0.29) is 24.0 Å². The van der Waals surface area contributed by atoms with Crippen molar-refractivity contribution in [3.05, 3.63) is 21.9 Å². The van der Waals surface area contributed by atoms with Crippen molar-refractivity contribution in [1.82, 2.24) is 10.2 Å². The number of hydrogen-bond donors (Lipinski definition) is 1. The first kappa shape index (κ1) is 21.7. The molecule has 1 aromatic rings. The Kier molecular flexibility index (Phi) is 10.9. The average molecular weight is 467 g/mol. The summed E-state index contributed by atoms with van der Waals surface area (Å²) in [5, 5.41) is 3.42. The van der Waals surface area contributed by atoms with Gasteiger partial charge in [-0.2, -0.15) is 0 Å². The molecule has 7 heteroatoms. The van der Waals surface area contributed by atoms with E-state index in [9.17, 15) is 0 Å². The molecule has 1 aliphatic rings. The van der Waals surface area contributed by atoms with Gasteiger partial charge < -0.3 is 19.7 Å². The van der Waals surface area contributed by atoms with Gasteiger partial charge in [-0.25, -0.2) is 4.99 Å². The van der Waals surface area contributed by atoms with Gasteiger partial charge in [-0.3, -0.25) is 0 Å². The largest absolute Gasteiger partial charge is 0.382 e. The highest BCUT2D eigenvalue weighted by Crippen LogP contribution is 2.18. The lowest BCUT2D eigenvalue weighted by Crippen LogP contribution is -2.40. The molecule has 1 fully saturated rings. The van der Waals surface area contributed by atoms with E-state index in [1.54, 1.807) is 7.11 Å². The van der Waals surface area contributed by atoms with E-state index >= 15 is 0 Å².